The lowest BCUT2D eigenvalue weighted by Crippen LogP contribution is -2.39. The van der Waals surface area contributed by atoms with Crippen molar-refractivity contribution < 1.29 is 27.1 Å². The number of para-hydroxylation sites is 1. The average molecular weight is 396 g/mol. The van der Waals surface area contributed by atoms with Gasteiger partial charge in [-0.3, -0.25) is 9.69 Å². The number of carbonyl (C=O) groups is 1. The maximum atomic E-state index is 12.5. The minimum Gasteiger partial charge on any atom is -0.468 e. The predicted molar refractivity (Wildman–Crippen MR) is 96.5 cm³/mol. The molecule has 5 nitrogen and oxygen atoms in total. The number of ether oxygens (including phenoxy) is 1. The van der Waals surface area contributed by atoms with Crippen molar-refractivity contribution in [2.45, 2.75) is 44.6 Å². The van der Waals surface area contributed by atoms with Crippen LogP contribution in [0.15, 0.2) is 47.1 Å². The first kappa shape index (κ1) is 20.3. The largest absolute Gasteiger partial charge is 0.573 e. The molecule has 1 unspecified atom stereocenters. The number of halogens is 3. The smallest absolute Gasteiger partial charge is 0.468 e. The third-order valence-electron chi connectivity index (χ3n) is 4.76. The summed E-state index contributed by atoms with van der Waals surface area (Å²) in [7, 11) is 0. The highest BCUT2D eigenvalue weighted by atomic mass is 19.4. The molecule has 0 radical (unpaired) electrons. The van der Waals surface area contributed by atoms with E-state index in [1.54, 1.807) is 12.3 Å². The van der Waals surface area contributed by atoms with E-state index in [4.69, 9.17) is 4.42 Å². The molecule has 1 aliphatic heterocycles. The Morgan fingerprint density at radius 3 is 2.75 bits per heavy atom. The van der Waals surface area contributed by atoms with Gasteiger partial charge in [-0.05, 0) is 37.6 Å². The van der Waals surface area contributed by atoms with Gasteiger partial charge >= 0.3 is 6.36 Å². The van der Waals surface area contributed by atoms with Gasteiger partial charge in [-0.1, -0.05) is 31.0 Å². The molecular weight excluding hydrogens is 373 g/mol. The first-order chi connectivity index (χ1) is 13.4. The van der Waals surface area contributed by atoms with Crippen molar-refractivity contribution in [3.8, 4) is 5.75 Å². The molecule has 28 heavy (non-hydrogen) atoms. The molecule has 1 atom stereocenters. The number of hydrogen-bond acceptors (Lipinski definition) is 4. The summed E-state index contributed by atoms with van der Waals surface area (Å²) in [6, 6.07) is 9.56. The second kappa shape index (κ2) is 9.14. The summed E-state index contributed by atoms with van der Waals surface area (Å²) < 4.78 is 47.1. The molecule has 2 heterocycles. The molecule has 2 aromatic rings. The van der Waals surface area contributed by atoms with Gasteiger partial charge in [0.25, 0.3) is 0 Å². The van der Waals surface area contributed by atoms with E-state index in [0.717, 1.165) is 38.0 Å². The lowest BCUT2D eigenvalue weighted by atomic mass is 10.1. The highest BCUT2D eigenvalue weighted by Crippen LogP contribution is 2.30. The summed E-state index contributed by atoms with van der Waals surface area (Å²) in [6.45, 7) is 0.893. The zero-order chi connectivity index (χ0) is 20.0. The lowest BCUT2D eigenvalue weighted by Gasteiger charge is -2.27. The van der Waals surface area contributed by atoms with Gasteiger partial charge in [-0.25, -0.2) is 0 Å². The predicted octanol–water partition coefficient (Wildman–Crippen LogP) is 4.41. The molecule has 0 saturated carbocycles. The van der Waals surface area contributed by atoms with E-state index >= 15 is 0 Å². The number of carbonyl (C=O) groups excluding carboxylic acids is 1. The highest BCUT2D eigenvalue weighted by molar-refractivity contribution is 5.78. The first-order valence-electron chi connectivity index (χ1n) is 9.30. The van der Waals surface area contributed by atoms with Crippen LogP contribution in [0.5, 0.6) is 5.75 Å². The Balaban J connectivity index is 1.61. The van der Waals surface area contributed by atoms with E-state index in [9.17, 15) is 18.0 Å². The Hall–Kier alpha value is -2.48. The van der Waals surface area contributed by atoms with Gasteiger partial charge in [0.15, 0.2) is 0 Å². The Bertz CT molecular complexity index is 762. The summed E-state index contributed by atoms with van der Waals surface area (Å²) in [5, 5.41) is 2.70. The Morgan fingerprint density at radius 2 is 2.00 bits per heavy atom. The summed E-state index contributed by atoms with van der Waals surface area (Å²) >= 11 is 0. The fourth-order valence-corrected chi connectivity index (χ4v) is 3.47. The van der Waals surface area contributed by atoms with Crippen LogP contribution >= 0.6 is 0 Å². The summed E-state index contributed by atoms with van der Waals surface area (Å²) in [5.74, 6) is 0.275. The molecule has 0 spiro atoms. The Kier molecular flexibility index (Phi) is 6.61. The normalized spacial score (nSPS) is 18.5. The van der Waals surface area contributed by atoms with Crippen LogP contribution in [0.3, 0.4) is 0 Å². The van der Waals surface area contributed by atoms with Crippen LogP contribution < -0.4 is 10.1 Å². The van der Waals surface area contributed by atoms with E-state index in [1.165, 1.54) is 18.2 Å². The molecule has 1 aromatic heterocycles. The molecule has 1 amide bonds. The number of alkyl halides is 3. The van der Waals surface area contributed by atoms with Crippen molar-refractivity contribution in [2.24, 2.45) is 0 Å². The van der Waals surface area contributed by atoms with Crippen LogP contribution in [-0.2, 0) is 11.3 Å². The fraction of sp³-hybridized carbons (Fsp3) is 0.450. The van der Waals surface area contributed by atoms with E-state index in [1.807, 2.05) is 12.1 Å². The van der Waals surface area contributed by atoms with Crippen LogP contribution in [0.4, 0.5) is 13.2 Å². The van der Waals surface area contributed by atoms with Crippen molar-refractivity contribution >= 4 is 5.91 Å². The molecule has 1 aliphatic rings. The van der Waals surface area contributed by atoms with Crippen LogP contribution in [0, 0.1) is 0 Å². The topological polar surface area (TPSA) is 54.7 Å². The number of hydrogen-bond donors (Lipinski definition) is 1. The van der Waals surface area contributed by atoms with Gasteiger partial charge in [-0.15, -0.1) is 13.2 Å². The average Bonchev–Trinajstić information content (AvgIpc) is 3.07. The van der Waals surface area contributed by atoms with Crippen molar-refractivity contribution in [2.75, 3.05) is 13.1 Å². The molecule has 1 aromatic carbocycles. The molecule has 3 rings (SSSR count). The third kappa shape index (κ3) is 5.76. The van der Waals surface area contributed by atoms with Crippen LogP contribution in [0.1, 0.15) is 43.0 Å². The summed E-state index contributed by atoms with van der Waals surface area (Å²) in [5.41, 5.74) is 0.270. The zero-order valence-corrected chi connectivity index (χ0v) is 15.4. The molecule has 1 saturated heterocycles. The quantitative estimate of drug-likeness (QED) is 0.786. The summed E-state index contributed by atoms with van der Waals surface area (Å²) in [4.78, 5) is 14.5. The Morgan fingerprint density at radius 1 is 1.18 bits per heavy atom. The second-order valence-electron chi connectivity index (χ2n) is 6.78. The lowest BCUT2D eigenvalue weighted by molar-refractivity contribution is -0.274. The third-order valence-corrected chi connectivity index (χ3v) is 4.76. The van der Waals surface area contributed by atoms with Gasteiger partial charge < -0.3 is 14.5 Å². The van der Waals surface area contributed by atoms with Crippen molar-refractivity contribution in [3.05, 3.63) is 54.0 Å². The number of nitrogens with zero attached hydrogens (tertiary/aromatic N) is 1. The number of rotatable bonds is 6. The van der Waals surface area contributed by atoms with Gasteiger partial charge in [0.05, 0.1) is 18.8 Å². The van der Waals surface area contributed by atoms with E-state index in [0.29, 0.717) is 0 Å². The van der Waals surface area contributed by atoms with Gasteiger partial charge in [0, 0.05) is 12.1 Å². The van der Waals surface area contributed by atoms with E-state index < -0.39 is 6.36 Å². The first-order valence-corrected chi connectivity index (χ1v) is 9.30. The Labute approximate surface area is 161 Å². The number of benzene rings is 1. The molecule has 8 heteroatoms. The standard InChI is InChI=1S/C20H23F3N2O3/c21-20(22,23)28-17-9-4-3-7-15(17)13-24-19(26)14-25-11-5-1-2-8-16(25)18-10-6-12-27-18/h3-4,6-7,9-10,12,16H,1-2,5,8,11,13-14H2,(H,24,26). The van der Waals surface area contributed by atoms with Gasteiger partial charge in [-0.2, -0.15) is 0 Å². The van der Waals surface area contributed by atoms with Crippen molar-refractivity contribution in [1.82, 2.24) is 10.2 Å². The number of nitrogens with one attached hydrogen (secondary N) is 1. The monoisotopic (exact) mass is 396 g/mol. The molecule has 1 fully saturated rings. The maximum Gasteiger partial charge on any atom is 0.573 e. The van der Waals surface area contributed by atoms with Gasteiger partial charge in [0.2, 0.25) is 5.91 Å². The van der Waals surface area contributed by atoms with Crippen molar-refractivity contribution in [1.29, 1.82) is 0 Å². The fourth-order valence-electron chi connectivity index (χ4n) is 3.47. The van der Waals surface area contributed by atoms with Crippen LogP contribution in [0.25, 0.3) is 0 Å². The minimum absolute atomic E-state index is 0.0316. The van der Waals surface area contributed by atoms with Crippen molar-refractivity contribution in [3.63, 3.8) is 0 Å². The van der Waals surface area contributed by atoms with E-state index in [-0.39, 0.29) is 36.4 Å². The molecular formula is C20H23F3N2O3. The number of furan rings is 1. The second-order valence-corrected chi connectivity index (χ2v) is 6.78. The van der Waals surface area contributed by atoms with Crippen LogP contribution in [0.2, 0.25) is 0 Å². The summed E-state index contributed by atoms with van der Waals surface area (Å²) in [6.07, 6.45) is 0.900. The van der Waals surface area contributed by atoms with E-state index in [2.05, 4.69) is 15.0 Å². The molecule has 0 bridgehead atoms. The zero-order valence-electron chi connectivity index (χ0n) is 15.4. The SMILES string of the molecule is O=C(CN1CCCCCC1c1ccco1)NCc1ccccc1OC(F)(F)F. The highest BCUT2D eigenvalue weighted by Gasteiger charge is 2.32. The van der Waals surface area contributed by atoms with Crippen LogP contribution in [-0.4, -0.2) is 30.3 Å². The molecule has 0 aliphatic carbocycles. The number of amides is 1. The minimum atomic E-state index is -4.78. The number of likely N-dealkylation sites (tertiary alicyclic amines) is 1. The maximum absolute atomic E-state index is 12.5. The molecule has 1 N–H and O–H groups in total. The molecule has 152 valence electrons. The van der Waals surface area contributed by atoms with Gasteiger partial charge in [0.1, 0.15) is 11.5 Å².